The SMILES string of the molecule is CCN=C(NC#N)N(Cc1cccnc1)C1CCC(C(NC(=O)c2ccccc2OC)c2ccccc2)CC1. The third kappa shape index (κ3) is 7.14. The fourth-order valence-corrected chi connectivity index (χ4v) is 5.40. The van der Waals surface area contributed by atoms with E-state index >= 15 is 0 Å². The molecule has 39 heavy (non-hydrogen) atoms. The molecule has 0 spiro atoms. The number of carbonyl (C=O) groups excluding carboxylic acids is 1. The van der Waals surface area contributed by atoms with Gasteiger partial charge in [-0.3, -0.25) is 20.1 Å². The number of hydrogen-bond acceptors (Lipinski definition) is 5. The molecule has 4 rings (SSSR count). The maximum absolute atomic E-state index is 13.4. The van der Waals surface area contributed by atoms with E-state index in [0.717, 1.165) is 36.8 Å². The predicted molar refractivity (Wildman–Crippen MR) is 152 cm³/mol. The number of guanidine groups is 1. The Kier molecular flexibility index (Phi) is 9.90. The van der Waals surface area contributed by atoms with Gasteiger partial charge in [0, 0.05) is 31.5 Å². The third-order valence-corrected chi connectivity index (χ3v) is 7.27. The van der Waals surface area contributed by atoms with Crippen molar-refractivity contribution in [3.8, 4) is 11.9 Å². The molecule has 3 aromatic rings. The number of methoxy groups -OCH3 is 1. The van der Waals surface area contributed by atoms with Gasteiger partial charge in [-0.15, -0.1) is 0 Å². The van der Waals surface area contributed by atoms with Gasteiger partial charge in [0.25, 0.3) is 5.91 Å². The zero-order valence-electron chi connectivity index (χ0n) is 22.6. The number of amides is 1. The number of nitrogens with one attached hydrogen (secondary N) is 2. The molecule has 1 unspecified atom stereocenters. The number of hydrogen-bond donors (Lipinski definition) is 2. The number of aliphatic imine (C=N–C) groups is 1. The van der Waals surface area contributed by atoms with E-state index in [-0.39, 0.29) is 23.9 Å². The molecule has 202 valence electrons. The highest BCUT2D eigenvalue weighted by Gasteiger charge is 2.33. The predicted octanol–water partition coefficient (Wildman–Crippen LogP) is 5.07. The van der Waals surface area contributed by atoms with Crippen LogP contribution in [-0.2, 0) is 6.54 Å². The molecule has 1 aromatic heterocycles. The number of ether oxygens (including phenoxy) is 1. The normalized spacial score (nSPS) is 17.9. The summed E-state index contributed by atoms with van der Waals surface area (Å²) in [6, 6.07) is 21.5. The highest BCUT2D eigenvalue weighted by atomic mass is 16.5. The van der Waals surface area contributed by atoms with Crippen LogP contribution in [0.2, 0.25) is 0 Å². The molecule has 1 atom stereocenters. The average molecular weight is 525 g/mol. The number of carbonyl (C=O) groups is 1. The Morgan fingerprint density at radius 2 is 1.85 bits per heavy atom. The van der Waals surface area contributed by atoms with Crippen LogP contribution in [0.1, 0.15) is 60.1 Å². The molecule has 0 radical (unpaired) electrons. The topological polar surface area (TPSA) is 103 Å². The third-order valence-electron chi connectivity index (χ3n) is 7.27. The van der Waals surface area contributed by atoms with Gasteiger partial charge in [-0.25, -0.2) is 0 Å². The highest BCUT2D eigenvalue weighted by molar-refractivity contribution is 5.97. The zero-order valence-corrected chi connectivity index (χ0v) is 22.6. The second kappa shape index (κ2) is 14.0. The van der Waals surface area contributed by atoms with E-state index in [2.05, 4.69) is 43.8 Å². The molecule has 1 saturated carbocycles. The van der Waals surface area contributed by atoms with Crippen LogP contribution in [0.5, 0.6) is 5.75 Å². The van der Waals surface area contributed by atoms with Crippen molar-refractivity contribution in [2.75, 3.05) is 13.7 Å². The van der Waals surface area contributed by atoms with Crippen molar-refractivity contribution in [3.63, 3.8) is 0 Å². The Balaban J connectivity index is 1.54. The molecule has 8 nitrogen and oxygen atoms in total. The first-order chi connectivity index (χ1) is 19.1. The lowest BCUT2D eigenvalue weighted by Crippen LogP contribution is -2.47. The lowest BCUT2D eigenvalue weighted by molar-refractivity contribution is 0.0898. The van der Waals surface area contributed by atoms with Crippen molar-refractivity contribution in [1.82, 2.24) is 20.5 Å². The van der Waals surface area contributed by atoms with Crippen molar-refractivity contribution < 1.29 is 9.53 Å². The van der Waals surface area contributed by atoms with E-state index < -0.39 is 0 Å². The molecular weight excluding hydrogens is 488 g/mol. The van der Waals surface area contributed by atoms with E-state index in [1.54, 1.807) is 25.4 Å². The fraction of sp³-hybridized carbons (Fsp3) is 0.355. The van der Waals surface area contributed by atoms with Crippen LogP contribution in [0.3, 0.4) is 0 Å². The van der Waals surface area contributed by atoms with Crippen LogP contribution in [0.15, 0.2) is 84.1 Å². The summed E-state index contributed by atoms with van der Waals surface area (Å²) in [6.45, 7) is 3.16. The minimum atomic E-state index is -0.141. The highest BCUT2D eigenvalue weighted by Crippen LogP contribution is 2.37. The molecule has 2 N–H and O–H groups in total. The summed E-state index contributed by atoms with van der Waals surface area (Å²) in [7, 11) is 1.58. The molecule has 2 aromatic carbocycles. The summed E-state index contributed by atoms with van der Waals surface area (Å²) in [6.07, 6.45) is 9.34. The molecule has 1 aliphatic carbocycles. The Bertz CT molecular complexity index is 1270. The largest absolute Gasteiger partial charge is 0.496 e. The number of nitriles is 1. The lowest BCUT2D eigenvalue weighted by Gasteiger charge is -2.40. The Hall–Kier alpha value is -4.38. The van der Waals surface area contributed by atoms with Gasteiger partial charge in [0.05, 0.1) is 18.7 Å². The van der Waals surface area contributed by atoms with Crippen LogP contribution in [0, 0.1) is 17.4 Å². The van der Waals surface area contributed by atoms with Crippen molar-refractivity contribution in [1.29, 1.82) is 5.26 Å². The number of benzene rings is 2. The van der Waals surface area contributed by atoms with Crippen LogP contribution in [0.4, 0.5) is 0 Å². The number of nitrogens with zero attached hydrogens (tertiary/aromatic N) is 4. The maximum Gasteiger partial charge on any atom is 0.255 e. The Morgan fingerprint density at radius 1 is 1.10 bits per heavy atom. The van der Waals surface area contributed by atoms with Gasteiger partial charge in [-0.1, -0.05) is 48.5 Å². The fourth-order valence-electron chi connectivity index (χ4n) is 5.40. The summed E-state index contributed by atoms with van der Waals surface area (Å²) in [5.74, 6) is 1.27. The first kappa shape index (κ1) is 27.6. The molecule has 1 heterocycles. The second-order valence-electron chi connectivity index (χ2n) is 9.65. The molecule has 0 saturated heterocycles. The summed E-state index contributed by atoms with van der Waals surface area (Å²) >= 11 is 0. The van der Waals surface area contributed by atoms with Gasteiger partial charge in [0.2, 0.25) is 5.96 Å². The van der Waals surface area contributed by atoms with Crippen LogP contribution < -0.4 is 15.4 Å². The first-order valence-electron chi connectivity index (χ1n) is 13.5. The zero-order chi connectivity index (χ0) is 27.5. The van der Waals surface area contributed by atoms with Gasteiger partial charge in [-0.05, 0) is 67.9 Å². The smallest absolute Gasteiger partial charge is 0.255 e. The number of pyridine rings is 1. The van der Waals surface area contributed by atoms with E-state index in [1.807, 2.05) is 55.6 Å². The van der Waals surface area contributed by atoms with Gasteiger partial charge < -0.3 is 15.0 Å². The Morgan fingerprint density at radius 3 is 2.51 bits per heavy atom. The number of rotatable bonds is 9. The Labute approximate surface area is 230 Å². The van der Waals surface area contributed by atoms with E-state index in [1.165, 1.54) is 0 Å². The van der Waals surface area contributed by atoms with E-state index in [9.17, 15) is 10.1 Å². The van der Waals surface area contributed by atoms with Gasteiger partial charge in [-0.2, -0.15) is 5.26 Å². The maximum atomic E-state index is 13.4. The summed E-state index contributed by atoms with van der Waals surface area (Å²) in [4.78, 5) is 24.5. The molecule has 0 bridgehead atoms. The van der Waals surface area contributed by atoms with Crippen molar-refractivity contribution in [2.45, 2.75) is 51.2 Å². The lowest BCUT2D eigenvalue weighted by atomic mass is 9.78. The number of aromatic nitrogens is 1. The number of para-hydroxylation sites is 1. The summed E-state index contributed by atoms with van der Waals surface area (Å²) < 4.78 is 5.44. The summed E-state index contributed by atoms with van der Waals surface area (Å²) in [5, 5.41) is 15.5. The quantitative estimate of drug-likeness (QED) is 0.175. The summed E-state index contributed by atoms with van der Waals surface area (Å²) in [5.41, 5.74) is 2.69. The average Bonchev–Trinajstić information content (AvgIpc) is 2.99. The van der Waals surface area contributed by atoms with Gasteiger partial charge >= 0.3 is 0 Å². The first-order valence-corrected chi connectivity index (χ1v) is 13.5. The van der Waals surface area contributed by atoms with E-state index in [0.29, 0.717) is 30.4 Å². The second-order valence-corrected chi connectivity index (χ2v) is 9.65. The minimum Gasteiger partial charge on any atom is -0.496 e. The van der Waals surface area contributed by atoms with Gasteiger partial charge in [0.1, 0.15) is 5.75 Å². The standard InChI is InChI=1S/C31H36N6O2/c1-3-34-31(35-22-32)37(21-23-10-9-19-33-20-23)26-17-15-25(16-18-26)29(24-11-5-4-6-12-24)36-30(38)27-13-7-8-14-28(27)39-2/h4-14,19-20,25-26,29H,3,15-18,21H2,1-2H3,(H,34,35)(H,36,38). The molecule has 1 fully saturated rings. The molecular formula is C31H36N6O2. The van der Waals surface area contributed by atoms with Crippen LogP contribution in [-0.4, -0.2) is 41.4 Å². The molecule has 1 amide bonds. The van der Waals surface area contributed by atoms with Crippen molar-refractivity contribution in [2.24, 2.45) is 10.9 Å². The van der Waals surface area contributed by atoms with Crippen LogP contribution in [0.25, 0.3) is 0 Å². The van der Waals surface area contributed by atoms with Gasteiger partial charge in [0.15, 0.2) is 6.19 Å². The molecule has 1 aliphatic rings. The van der Waals surface area contributed by atoms with Crippen molar-refractivity contribution in [3.05, 3.63) is 95.8 Å². The molecule has 0 aliphatic heterocycles. The van der Waals surface area contributed by atoms with Crippen LogP contribution >= 0.6 is 0 Å². The van der Waals surface area contributed by atoms with E-state index in [4.69, 9.17) is 4.74 Å². The monoisotopic (exact) mass is 524 g/mol. The minimum absolute atomic E-state index is 0.127. The van der Waals surface area contributed by atoms with Crippen molar-refractivity contribution >= 4 is 11.9 Å². The molecule has 8 heteroatoms.